The predicted molar refractivity (Wildman–Crippen MR) is 352 cm³/mol. The number of para-hydroxylation sites is 5. The fourth-order valence-electron chi connectivity index (χ4n) is 9.83. The first-order valence-electron chi connectivity index (χ1n) is 28.9. The third-order valence-electron chi connectivity index (χ3n) is 14.5. The van der Waals surface area contributed by atoms with Gasteiger partial charge in [-0.25, -0.2) is 34.9 Å². The van der Waals surface area contributed by atoms with E-state index < -0.39 is 0 Å². The summed E-state index contributed by atoms with van der Waals surface area (Å²) < 4.78 is 1.12. The zero-order chi connectivity index (χ0) is 59.9. The van der Waals surface area contributed by atoms with Crippen LogP contribution in [0.4, 0.5) is 69.8 Å². The summed E-state index contributed by atoms with van der Waals surface area (Å²) in [4.78, 5) is 39.9. The average Bonchev–Trinajstić information content (AvgIpc) is 2.86. The number of aromatic nitrogens is 17. The highest BCUT2D eigenvalue weighted by Gasteiger charge is 2.27. The second kappa shape index (κ2) is 25.0. The lowest BCUT2D eigenvalue weighted by Crippen LogP contribution is -2.02. The second-order valence-corrected chi connectivity index (χ2v) is 22.2. The number of rotatable bonds is 14. The Balaban J connectivity index is 0.000000107. The van der Waals surface area contributed by atoms with Crippen molar-refractivity contribution in [3.63, 3.8) is 0 Å². The number of thiazole rings is 1. The van der Waals surface area contributed by atoms with Crippen LogP contribution in [0.3, 0.4) is 0 Å². The topological polar surface area (TPSA) is 303 Å². The molecule has 10 N–H and O–H groups in total. The Morgan fingerprint density at radius 1 is 0.360 bits per heavy atom. The lowest BCUT2D eigenvalue weighted by molar-refractivity contribution is 0.966. The van der Waals surface area contributed by atoms with E-state index in [9.17, 15) is 0 Å². The highest BCUT2D eigenvalue weighted by molar-refractivity contribution is 7.16. The van der Waals surface area contributed by atoms with Gasteiger partial charge in [0.25, 0.3) is 0 Å². The SMILES string of the molecule is Cc1cc(Nc2ncnc3ccccc23)n[nH]1.Cc1cc(Nc2ncnc3ccccc23)n[nH]1.c1ccc(Nc2nc(Nc3cc(C4CC4)[nH]n3)c3ccccc3n2)cc1.c1ccc2c(Nc3cc(C4CC4)[nH]n3)nc(Nc3ccc4ncsc4c3)nc2c1. The molecule has 0 spiro atoms. The lowest BCUT2D eigenvalue weighted by Gasteiger charge is -2.10. The van der Waals surface area contributed by atoms with E-state index in [1.54, 1.807) is 24.0 Å². The van der Waals surface area contributed by atoms with Crippen molar-refractivity contribution in [3.05, 3.63) is 211 Å². The molecular formula is C65H57N23S. The zero-order valence-electron chi connectivity index (χ0n) is 48.1. The Morgan fingerprint density at radius 3 is 1.27 bits per heavy atom. The van der Waals surface area contributed by atoms with Crippen LogP contribution in [0, 0.1) is 13.8 Å². The van der Waals surface area contributed by atoms with Crippen LogP contribution in [-0.4, -0.2) is 85.6 Å². The minimum absolute atomic E-state index is 0.535. The molecule has 89 heavy (non-hydrogen) atoms. The summed E-state index contributed by atoms with van der Waals surface area (Å²) in [5.74, 6) is 8.41. The van der Waals surface area contributed by atoms with Gasteiger partial charge < -0.3 is 31.9 Å². The number of fused-ring (bicyclic) bond motifs is 5. The van der Waals surface area contributed by atoms with Crippen molar-refractivity contribution < 1.29 is 0 Å². The maximum absolute atomic E-state index is 4.73. The van der Waals surface area contributed by atoms with Crippen LogP contribution in [0.5, 0.6) is 0 Å². The molecule has 15 aromatic rings. The monoisotopic (exact) mass is 1190 g/mol. The number of H-pyrrole nitrogens is 4. The van der Waals surface area contributed by atoms with Crippen LogP contribution in [0.1, 0.15) is 60.3 Å². The summed E-state index contributed by atoms with van der Waals surface area (Å²) in [6.07, 6.45) is 8.03. The molecule has 0 saturated heterocycles. The van der Waals surface area contributed by atoms with E-state index in [0.29, 0.717) is 23.7 Å². The lowest BCUT2D eigenvalue weighted by atomic mass is 10.2. The van der Waals surface area contributed by atoms with Gasteiger partial charge in [-0.05, 0) is 118 Å². The maximum atomic E-state index is 4.73. The van der Waals surface area contributed by atoms with Gasteiger partial charge >= 0.3 is 0 Å². The normalized spacial score (nSPS) is 12.6. The molecule has 2 saturated carbocycles. The number of nitrogens with one attached hydrogen (secondary N) is 10. The Hall–Kier alpha value is -11.8. The molecule has 0 atom stereocenters. The molecule has 2 aliphatic carbocycles. The first kappa shape index (κ1) is 55.1. The van der Waals surface area contributed by atoms with Gasteiger partial charge in [-0.15, -0.1) is 11.3 Å². The van der Waals surface area contributed by atoms with Crippen molar-refractivity contribution in [1.82, 2.24) is 85.6 Å². The number of hydrogen-bond acceptors (Lipinski definition) is 20. The van der Waals surface area contributed by atoms with Gasteiger partial charge in [0.05, 0.1) is 37.8 Å². The van der Waals surface area contributed by atoms with Crippen molar-refractivity contribution in [2.24, 2.45) is 0 Å². The van der Waals surface area contributed by atoms with Crippen LogP contribution in [0.2, 0.25) is 0 Å². The molecule has 23 nitrogen and oxygen atoms in total. The third kappa shape index (κ3) is 13.4. The molecule has 24 heteroatoms. The molecule has 9 aromatic heterocycles. The number of nitrogens with zero attached hydrogens (tertiary/aromatic N) is 13. The van der Waals surface area contributed by atoms with E-state index in [2.05, 4.69) is 131 Å². The summed E-state index contributed by atoms with van der Waals surface area (Å²) in [7, 11) is 0. The molecule has 438 valence electrons. The Bertz CT molecular complexity index is 4780. The molecule has 2 fully saturated rings. The minimum Gasteiger partial charge on any atom is -0.324 e. The first-order valence-corrected chi connectivity index (χ1v) is 29.8. The summed E-state index contributed by atoms with van der Waals surface area (Å²) in [5, 5.41) is 52.5. The van der Waals surface area contributed by atoms with Gasteiger partial charge in [0.15, 0.2) is 23.3 Å². The summed E-state index contributed by atoms with van der Waals surface area (Å²) >= 11 is 1.61. The predicted octanol–water partition coefficient (Wildman–Crippen LogP) is 14.9. The van der Waals surface area contributed by atoms with Gasteiger partial charge in [0.1, 0.15) is 35.9 Å². The van der Waals surface area contributed by atoms with Gasteiger partial charge in [0, 0.05) is 91.8 Å². The number of hydrogen-bond donors (Lipinski definition) is 10. The van der Waals surface area contributed by atoms with Crippen molar-refractivity contribution in [2.75, 3.05) is 31.9 Å². The van der Waals surface area contributed by atoms with Gasteiger partial charge in [-0.3, -0.25) is 20.4 Å². The van der Waals surface area contributed by atoms with Crippen LogP contribution < -0.4 is 31.9 Å². The van der Waals surface area contributed by atoms with Crippen molar-refractivity contribution >= 4 is 135 Å². The first-order chi connectivity index (χ1) is 43.8. The number of benzene rings is 6. The fraction of sp³-hybridized carbons (Fsp3) is 0.123. The smallest absolute Gasteiger partial charge is 0.229 e. The van der Waals surface area contributed by atoms with Gasteiger partial charge in [-0.1, -0.05) is 66.7 Å². The van der Waals surface area contributed by atoms with E-state index in [1.165, 1.54) is 37.1 Å². The highest BCUT2D eigenvalue weighted by Crippen LogP contribution is 2.41. The molecule has 0 unspecified atom stereocenters. The van der Waals surface area contributed by atoms with Crippen molar-refractivity contribution in [1.29, 1.82) is 0 Å². The zero-order valence-corrected chi connectivity index (χ0v) is 48.9. The van der Waals surface area contributed by atoms with Crippen molar-refractivity contribution in [2.45, 2.75) is 51.4 Å². The number of aromatic amines is 4. The van der Waals surface area contributed by atoms with E-state index >= 15 is 0 Å². The van der Waals surface area contributed by atoms with E-state index in [0.717, 1.165) is 123 Å². The summed E-state index contributed by atoms with van der Waals surface area (Å²) in [5.41, 5.74) is 12.7. The molecular weight excluding hydrogens is 1130 g/mol. The summed E-state index contributed by atoms with van der Waals surface area (Å²) in [6, 6.07) is 55.6. The minimum atomic E-state index is 0.535. The average molecular weight is 1190 g/mol. The Kier molecular flexibility index (Phi) is 15.5. The molecule has 17 rings (SSSR count). The van der Waals surface area contributed by atoms with Gasteiger partial charge in [0.2, 0.25) is 11.9 Å². The van der Waals surface area contributed by atoms with Gasteiger partial charge in [-0.2, -0.15) is 30.4 Å². The third-order valence-corrected chi connectivity index (χ3v) is 15.3. The Labute approximate surface area is 512 Å². The van der Waals surface area contributed by atoms with Crippen LogP contribution in [-0.2, 0) is 0 Å². The second-order valence-electron chi connectivity index (χ2n) is 21.3. The molecule has 2 aliphatic rings. The highest BCUT2D eigenvalue weighted by atomic mass is 32.1. The van der Waals surface area contributed by atoms with Crippen LogP contribution in [0.15, 0.2) is 188 Å². The fourth-order valence-corrected chi connectivity index (χ4v) is 10.6. The van der Waals surface area contributed by atoms with Crippen molar-refractivity contribution in [3.8, 4) is 0 Å². The molecule has 9 heterocycles. The number of aryl methyl sites for hydroxylation is 2. The largest absolute Gasteiger partial charge is 0.324 e. The maximum Gasteiger partial charge on any atom is 0.229 e. The van der Waals surface area contributed by atoms with E-state index in [-0.39, 0.29) is 0 Å². The van der Waals surface area contributed by atoms with Crippen LogP contribution >= 0.6 is 11.3 Å². The standard InChI is InChI=1S/C21H17N7S.C20H18N6.2C12H11N5/c1-2-4-15-14(3-1)20(25-19-10-17(27-28-19)12-5-6-12)26-21(24-15)23-13-7-8-16-18(9-13)29-11-22-16;1-2-6-14(7-3-1)21-20-22-16-9-5-4-8-15(16)19(24-20)23-18-12-17(25-26-18)13-10-11-13;2*1-8-6-11(17-16-8)15-12-9-4-2-3-5-10(9)13-7-14-12/h1-4,7-12H,5-6H2,(H3,23,24,25,26,27,28);1-9,12-13H,10-11H2,(H3,21,22,23,24,25,26);2*2-7H,1H3,(H2,13,14,15,16,17). The Morgan fingerprint density at radius 2 is 0.787 bits per heavy atom. The van der Waals surface area contributed by atoms with Crippen LogP contribution in [0.25, 0.3) is 53.8 Å². The molecule has 0 aliphatic heterocycles. The van der Waals surface area contributed by atoms with E-state index in [4.69, 9.17) is 4.98 Å². The molecule has 6 aromatic carbocycles. The number of anilines is 12. The molecule has 0 radical (unpaired) electrons. The molecule has 0 amide bonds. The van der Waals surface area contributed by atoms with E-state index in [1.807, 2.05) is 171 Å². The summed E-state index contributed by atoms with van der Waals surface area (Å²) in [6.45, 7) is 3.91. The molecule has 0 bridgehead atoms. The quantitative estimate of drug-likeness (QED) is 0.0484.